The molecule has 9 nitrogen and oxygen atoms in total. The third-order valence-electron chi connectivity index (χ3n) is 3.78. The van der Waals surface area contributed by atoms with Crippen LogP contribution in [0.1, 0.15) is 40.5 Å². The van der Waals surface area contributed by atoms with Gasteiger partial charge in [0.05, 0.1) is 40.5 Å². The van der Waals surface area contributed by atoms with E-state index in [-0.39, 0.29) is 12.2 Å². The zero-order chi connectivity index (χ0) is 22.9. The van der Waals surface area contributed by atoms with E-state index in [1.165, 1.54) is 0 Å². The van der Waals surface area contributed by atoms with Crippen LogP contribution in [0.4, 0.5) is 5.69 Å². The molecule has 0 radical (unpaired) electrons. The molecular formula is C18H34NO8PS. The van der Waals surface area contributed by atoms with Crippen LogP contribution in [0.15, 0.2) is 24.3 Å². The molecule has 0 aromatic heterocycles. The summed E-state index contributed by atoms with van der Waals surface area (Å²) < 4.78 is 61.5. The van der Waals surface area contributed by atoms with E-state index < -0.39 is 18.2 Å². The molecule has 0 N–H and O–H groups in total. The molecule has 0 saturated heterocycles. The Labute approximate surface area is 175 Å². The summed E-state index contributed by atoms with van der Waals surface area (Å²) in [7, 11) is -1.09. The van der Waals surface area contributed by atoms with Crippen molar-refractivity contribution in [2.45, 2.75) is 52.7 Å². The molecule has 1 rings (SSSR count). The maximum absolute atomic E-state index is 13.0. The van der Waals surface area contributed by atoms with Crippen LogP contribution in [0.5, 0.6) is 5.75 Å². The van der Waals surface area contributed by atoms with Gasteiger partial charge in [-0.1, -0.05) is 19.9 Å². The molecule has 170 valence electrons. The second kappa shape index (κ2) is 12.0. The van der Waals surface area contributed by atoms with Crippen LogP contribution in [0, 0.1) is 0 Å². The minimum atomic E-state index is -4.41. The molecule has 0 bridgehead atoms. The lowest BCUT2D eigenvalue weighted by molar-refractivity contribution is 0.0880. The van der Waals surface area contributed by atoms with Gasteiger partial charge < -0.3 is 9.08 Å². The minimum absolute atomic E-state index is 0.202. The highest BCUT2D eigenvalue weighted by molar-refractivity contribution is 7.80. The van der Waals surface area contributed by atoms with Crippen molar-refractivity contribution in [3.8, 4) is 5.75 Å². The van der Waals surface area contributed by atoms with Crippen molar-refractivity contribution in [1.29, 1.82) is 0 Å². The predicted octanol–water partition coefficient (Wildman–Crippen LogP) is 4.09. The van der Waals surface area contributed by atoms with Crippen molar-refractivity contribution < 1.29 is 35.3 Å². The highest BCUT2D eigenvalue weighted by Crippen LogP contribution is 2.52. The first-order chi connectivity index (χ1) is 13.2. The van der Waals surface area contributed by atoms with Gasteiger partial charge in [-0.2, -0.15) is 0 Å². The van der Waals surface area contributed by atoms with Gasteiger partial charge in [0.1, 0.15) is 11.4 Å². The Balaban J connectivity index is 0.00000113. The number of phosphoric acid groups is 1. The minimum Gasteiger partial charge on any atom is -0.726 e. The van der Waals surface area contributed by atoms with Crippen LogP contribution < -0.4 is 9.01 Å². The molecule has 0 fully saturated rings. The molecule has 0 aliphatic carbocycles. The summed E-state index contributed by atoms with van der Waals surface area (Å²) in [6.07, 6.45) is 1.06. The van der Waals surface area contributed by atoms with E-state index in [1.807, 2.05) is 45.9 Å². The van der Waals surface area contributed by atoms with E-state index in [9.17, 15) is 17.5 Å². The van der Waals surface area contributed by atoms with Crippen LogP contribution in [0.3, 0.4) is 0 Å². The van der Waals surface area contributed by atoms with Gasteiger partial charge in [-0.15, -0.1) is 0 Å². The molecular weight excluding hydrogens is 421 g/mol. The Morgan fingerprint density at radius 3 is 1.86 bits per heavy atom. The fourth-order valence-electron chi connectivity index (χ4n) is 1.74. The SMILES string of the molecule is CCC(C)OP(=O)(Oc1cccc([N+](C)(C)C)c1)OC(C)CC.COS(=O)(=O)[O-]. The maximum atomic E-state index is 13.0. The average Bonchev–Trinajstić information content (AvgIpc) is 2.60. The predicted molar refractivity (Wildman–Crippen MR) is 113 cm³/mol. The van der Waals surface area contributed by atoms with E-state index in [2.05, 4.69) is 25.3 Å². The van der Waals surface area contributed by atoms with E-state index in [4.69, 9.17) is 13.6 Å². The van der Waals surface area contributed by atoms with Gasteiger partial charge in [-0.3, -0.25) is 17.7 Å². The third kappa shape index (κ3) is 12.3. The standard InChI is InChI=1S/C17H31NO4P.CH4O4S/c1-8-14(3)20-23(19,21-15(4)9-2)22-17-12-10-11-16(13-17)18(5,6)7;1-5-6(2,3)4/h10-15H,8-9H2,1-7H3;1H3,(H,2,3,4)/q+1;/p-1. The van der Waals surface area contributed by atoms with Gasteiger partial charge in [0.25, 0.3) is 0 Å². The van der Waals surface area contributed by atoms with Gasteiger partial charge in [0.2, 0.25) is 10.4 Å². The summed E-state index contributed by atoms with van der Waals surface area (Å²) in [5, 5.41) is 0. The van der Waals surface area contributed by atoms with Crippen LogP contribution in [-0.4, -0.2) is 53.4 Å². The summed E-state index contributed by atoms with van der Waals surface area (Å²) >= 11 is 0. The van der Waals surface area contributed by atoms with Crippen molar-refractivity contribution in [3.05, 3.63) is 24.3 Å². The molecule has 0 saturated carbocycles. The molecule has 0 spiro atoms. The summed E-state index contributed by atoms with van der Waals surface area (Å²) in [5.74, 6) is 0.491. The van der Waals surface area contributed by atoms with Gasteiger partial charge in [0.15, 0.2) is 0 Å². The number of hydrogen-bond donors (Lipinski definition) is 0. The van der Waals surface area contributed by atoms with Gasteiger partial charge in [-0.25, -0.2) is 13.0 Å². The van der Waals surface area contributed by atoms with Crippen molar-refractivity contribution in [1.82, 2.24) is 4.48 Å². The number of nitrogens with zero attached hydrogens (tertiary/aromatic N) is 1. The second-order valence-corrected chi connectivity index (χ2v) is 9.92. The smallest absolute Gasteiger partial charge is 0.530 e. The topological polar surface area (TPSA) is 111 Å². The highest BCUT2D eigenvalue weighted by Gasteiger charge is 2.33. The van der Waals surface area contributed by atoms with Crippen LogP contribution in [-0.2, 0) is 28.2 Å². The monoisotopic (exact) mass is 455 g/mol. The summed E-state index contributed by atoms with van der Waals surface area (Å²) in [4.78, 5) is 0. The van der Waals surface area contributed by atoms with Crippen molar-refractivity contribution in [2.24, 2.45) is 0 Å². The Kier molecular flexibility index (Phi) is 11.6. The molecule has 0 aliphatic heterocycles. The number of rotatable bonds is 10. The Morgan fingerprint density at radius 2 is 1.52 bits per heavy atom. The lowest BCUT2D eigenvalue weighted by atomic mass is 10.2. The Morgan fingerprint density at radius 1 is 1.07 bits per heavy atom. The van der Waals surface area contributed by atoms with Crippen molar-refractivity contribution in [3.63, 3.8) is 0 Å². The number of hydrogen-bond acceptors (Lipinski definition) is 8. The third-order valence-corrected chi connectivity index (χ3v) is 5.86. The van der Waals surface area contributed by atoms with Crippen LogP contribution in [0.2, 0.25) is 0 Å². The Hall–Kier alpha value is -1.00. The van der Waals surface area contributed by atoms with Gasteiger partial charge in [0, 0.05) is 6.07 Å². The molecule has 0 aliphatic rings. The molecule has 29 heavy (non-hydrogen) atoms. The average molecular weight is 456 g/mol. The molecule has 1 aromatic carbocycles. The quantitative estimate of drug-likeness (QED) is 0.224. The molecule has 11 heteroatoms. The van der Waals surface area contributed by atoms with E-state index >= 15 is 0 Å². The fourth-order valence-corrected chi connectivity index (χ4v) is 3.43. The van der Waals surface area contributed by atoms with E-state index in [0.29, 0.717) is 10.2 Å². The molecule has 0 amide bonds. The van der Waals surface area contributed by atoms with Gasteiger partial charge in [-0.05, 0) is 38.8 Å². The summed E-state index contributed by atoms with van der Waals surface area (Å²) in [6, 6.07) is 7.52. The fraction of sp³-hybridized carbons (Fsp3) is 0.667. The van der Waals surface area contributed by atoms with Crippen molar-refractivity contribution >= 4 is 23.9 Å². The molecule has 1 aromatic rings. The first kappa shape index (κ1) is 28.0. The normalized spacial score (nSPS) is 16.2. The zero-order valence-corrected chi connectivity index (χ0v) is 20.2. The zero-order valence-electron chi connectivity index (χ0n) is 18.4. The largest absolute Gasteiger partial charge is 0.726 e. The first-order valence-electron chi connectivity index (χ1n) is 9.25. The van der Waals surface area contributed by atoms with Crippen LogP contribution in [0.25, 0.3) is 0 Å². The highest BCUT2D eigenvalue weighted by atomic mass is 32.3. The van der Waals surface area contributed by atoms with E-state index in [0.717, 1.165) is 25.6 Å². The first-order valence-corrected chi connectivity index (χ1v) is 12.0. The molecule has 2 unspecified atom stereocenters. The molecule has 2 atom stereocenters. The summed E-state index contributed by atoms with van der Waals surface area (Å²) in [6.45, 7) is 7.66. The molecule has 0 heterocycles. The summed E-state index contributed by atoms with van der Waals surface area (Å²) in [5.41, 5.74) is 1.04. The number of quaternary nitrogens is 1. The lowest BCUT2D eigenvalue weighted by Crippen LogP contribution is -2.34. The van der Waals surface area contributed by atoms with Crippen LogP contribution >= 0.6 is 7.82 Å². The number of benzene rings is 1. The Bertz CT molecular complexity index is 747. The second-order valence-electron chi connectivity index (χ2n) is 7.27. The van der Waals surface area contributed by atoms with Gasteiger partial charge >= 0.3 is 7.82 Å². The number of phosphoric ester groups is 1. The lowest BCUT2D eigenvalue weighted by Gasteiger charge is -2.26. The van der Waals surface area contributed by atoms with E-state index in [1.54, 1.807) is 6.07 Å². The van der Waals surface area contributed by atoms with Crippen molar-refractivity contribution in [2.75, 3.05) is 28.3 Å². The maximum Gasteiger partial charge on any atom is 0.530 e.